The molecule has 108 valence electrons. The maximum absolute atomic E-state index is 11.9. The number of hydrogen-bond acceptors (Lipinski definition) is 3. The molecule has 2 aliphatic rings. The van der Waals surface area contributed by atoms with Crippen molar-refractivity contribution in [3.05, 3.63) is 34.9 Å². The fourth-order valence-corrected chi connectivity index (χ4v) is 3.61. The Balaban J connectivity index is 1.92. The molecule has 0 amide bonds. The number of carboxylic acids is 1. The van der Waals surface area contributed by atoms with E-state index < -0.39 is 17.2 Å². The van der Waals surface area contributed by atoms with Gasteiger partial charge in [0.2, 0.25) is 0 Å². The van der Waals surface area contributed by atoms with Crippen LogP contribution in [0.15, 0.2) is 24.3 Å². The highest BCUT2D eigenvalue weighted by atomic mass is 35.5. The summed E-state index contributed by atoms with van der Waals surface area (Å²) in [5, 5.41) is 10.3. The molecule has 1 heterocycles. The van der Waals surface area contributed by atoms with E-state index in [0.29, 0.717) is 49.5 Å². The second kappa shape index (κ2) is 5.02. The minimum Gasteiger partial charge on any atom is -0.481 e. The zero-order chi connectivity index (χ0) is 14.2. The Hall–Kier alpha value is -1.10. The summed E-state index contributed by atoms with van der Waals surface area (Å²) >= 11 is 6.22. The lowest BCUT2D eigenvalue weighted by Gasteiger charge is -2.41. The normalized spacial score (nSPS) is 23.9. The summed E-state index contributed by atoms with van der Waals surface area (Å²) in [6.07, 6.45) is 2.13. The Labute approximate surface area is 122 Å². The van der Waals surface area contributed by atoms with E-state index in [1.54, 1.807) is 6.07 Å². The average Bonchev–Trinajstić information content (AvgIpc) is 2.89. The molecule has 1 aliphatic heterocycles. The summed E-state index contributed by atoms with van der Waals surface area (Å²) in [6.45, 7) is 1.18. The topological polar surface area (TPSA) is 55.8 Å². The van der Waals surface area contributed by atoms with Gasteiger partial charge in [-0.3, -0.25) is 4.79 Å². The maximum Gasteiger partial charge on any atom is 0.314 e. The first-order chi connectivity index (χ1) is 9.58. The molecule has 1 aromatic carbocycles. The van der Waals surface area contributed by atoms with Gasteiger partial charge in [0.15, 0.2) is 5.79 Å². The van der Waals surface area contributed by atoms with Crippen LogP contribution in [0.1, 0.15) is 31.2 Å². The van der Waals surface area contributed by atoms with Crippen LogP contribution in [0, 0.1) is 0 Å². The molecule has 0 atom stereocenters. The number of carbonyl (C=O) groups is 1. The molecule has 1 saturated heterocycles. The number of aliphatic carboxylic acids is 1. The highest BCUT2D eigenvalue weighted by molar-refractivity contribution is 6.31. The monoisotopic (exact) mass is 296 g/mol. The Kier molecular flexibility index (Phi) is 3.48. The zero-order valence-electron chi connectivity index (χ0n) is 11.1. The quantitative estimate of drug-likeness (QED) is 0.911. The van der Waals surface area contributed by atoms with E-state index in [9.17, 15) is 9.90 Å². The van der Waals surface area contributed by atoms with Crippen LogP contribution < -0.4 is 0 Å². The summed E-state index contributed by atoms with van der Waals surface area (Å²) in [6, 6.07) is 7.20. The van der Waals surface area contributed by atoms with Crippen molar-refractivity contribution < 1.29 is 19.4 Å². The maximum atomic E-state index is 11.9. The van der Waals surface area contributed by atoms with E-state index >= 15 is 0 Å². The van der Waals surface area contributed by atoms with Crippen LogP contribution in [0.25, 0.3) is 0 Å². The minimum atomic E-state index is -0.932. The number of carboxylic acid groups (broad SMARTS) is 1. The fraction of sp³-hybridized carbons (Fsp3) is 0.533. The Morgan fingerprint density at radius 1 is 1.10 bits per heavy atom. The predicted octanol–water partition coefficient (Wildman–Crippen LogP) is 2.98. The lowest BCUT2D eigenvalue weighted by atomic mass is 9.67. The van der Waals surface area contributed by atoms with Crippen LogP contribution in [-0.4, -0.2) is 30.1 Å². The van der Waals surface area contributed by atoms with Crippen LogP contribution in [-0.2, 0) is 19.7 Å². The first-order valence-electron chi connectivity index (χ1n) is 6.84. The molecule has 0 aromatic heterocycles. The number of ether oxygens (including phenoxy) is 2. The number of benzene rings is 1. The van der Waals surface area contributed by atoms with Crippen molar-refractivity contribution in [2.45, 2.75) is 36.9 Å². The molecule has 2 fully saturated rings. The molecule has 1 aliphatic carbocycles. The van der Waals surface area contributed by atoms with Crippen molar-refractivity contribution in [3.63, 3.8) is 0 Å². The first kappa shape index (κ1) is 13.9. The van der Waals surface area contributed by atoms with E-state index in [-0.39, 0.29) is 0 Å². The zero-order valence-corrected chi connectivity index (χ0v) is 11.9. The number of hydrogen-bond donors (Lipinski definition) is 1. The Morgan fingerprint density at radius 2 is 1.70 bits per heavy atom. The van der Waals surface area contributed by atoms with Crippen LogP contribution in [0.2, 0.25) is 5.02 Å². The first-order valence-corrected chi connectivity index (χ1v) is 7.22. The van der Waals surface area contributed by atoms with Gasteiger partial charge in [-0.25, -0.2) is 0 Å². The average molecular weight is 297 g/mol. The van der Waals surface area contributed by atoms with Gasteiger partial charge >= 0.3 is 5.97 Å². The van der Waals surface area contributed by atoms with E-state index in [1.807, 2.05) is 18.2 Å². The van der Waals surface area contributed by atoms with Crippen molar-refractivity contribution in [1.29, 1.82) is 0 Å². The molecule has 0 radical (unpaired) electrons. The van der Waals surface area contributed by atoms with Crippen LogP contribution >= 0.6 is 11.6 Å². The van der Waals surface area contributed by atoms with Crippen molar-refractivity contribution in [2.24, 2.45) is 0 Å². The summed E-state index contributed by atoms with van der Waals surface area (Å²) in [4.78, 5) is 11.9. The second-order valence-electron chi connectivity index (χ2n) is 5.47. The second-order valence-corrected chi connectivity index (χ2v) is 5.88. The van der Waals surface area contributed by atoms with Crippen molar-refractivity contribution in [3.8, 4) is 0 Å². The van der Waals surface area contributed by atoms with E-state index in [0.717, 1.165) is 0 Å². The molecule has 3 rings (SSSR count). The molecular formula is C15H17ClO4. The molecular weight excluding hydrogens is 280 g/mol. The smallest absolute Gasteiger partial charge is 0.314 e. The van der Waals surface area contributed by atoms with Gasteiger partial charge in [-0.05, 0) is 24.5 Å². The molecule has 1 saturated carbocycles. The molecule has 5 heteroatoms. The molecule has 4 nitrogen and oxygen atoms in total. The van der Waals surface area contributed by atoms with Gasteiger partial charge in [0, 0.05) is 17.9 Å². The highest BCUT2D eigenvalue weighted by Crippen LogP contribution is 2.48. The third kappa shape index (κ3) is 2.12. The molecule has 1 aromatic rings. The Morgan fingerprint density at radius 3 is 2.25 bits per heavy atom. The highest BCUT2D eigenvalue weighted by Gasteiger charge is 2.51. The van der Waals surface area contributed by atoms with Crippen LogP contribution in [0.5, 0.6) is 0 Å². The largest absolute Gasteiger partial charge is 0.481 e. The summed E-state index contributed by atoms with van der Waals surface area (Å²) < 4.78 is 11.3. The lowest BCUT2D eigenvalue weighted by Crippen LogP contribution is -2.46. The number of halogens is 1. The predicted molar refractivity (Wildman–Crippen MR) is 73.9 cm³/mol. The third-order valence-corrected chi connectivity index (χ3v) is 4.81. The van der Waals surface area contributed by atoms with Crippen molar-refractivity contribution >= 4 is 17.6 Å². The van der Waals surface area contributed by atoms with Gasteiger partial charge in [0.25, 0.3) is 0 Å². The summed E-state index contributed by atoms with van der Waals surface area (Å²) in [5.74, 6) is -1.39. The molecule has 0 unspecified atom stereocenters. The van der Waals surface area contributed by atoms with Crippen molar-refractivity contribution in [2.75, 3.05) is 13.2 Å². The molecule has 1 spiro atoms. The van der Waals surface area contributed by atoms with Crippen molar-refractivity contribution in [1.82, 2.24) is 0 Å². The summed E-state index contributed by atoms with van der Waals surface area (Å²) in [5.41, 5.74) is -0.235. The van der Waals surface area contributed by atoms with E-state index in [4.69, 9.17) is 21.1 Å². The van der Waals surface area contributed by atoms with E-state index in [1.165, 1.54) is 0 Å². The lowest BCUT2D eigenvalue weighted by molar-refractivity contribution is -0.189. The van der Waals surface area contributed by atoms with Crippen LogP contribution in [0.3, 0.4) is 0 Å². The third-order valence-electron chi connectivity index (χ3n) is 4.48. The van der Waals surface area contributed by atoms with Crippen LogP contribution in [0.4, 0.5) is 0 Å². The Bertz CT molecular complexity index is 512. The molecule has 20 heavy (non-hydrogen) atoms. The SMILES string of the molecule is O=C(O)C1(c2ccccc2Cl)CCC2(CC1)OCCO2. The van der Waals surface area contributed by atoms with Gasteiger partial charge < -0.3 is 14.6 Å². The number of rotatable bonds is 2. The standard InChI is InChI=1S/C15H17ClO4/c16-12-4-2-1-3-11(12)14(13(17)18)5-7-15(8-6-14)19-9-10-20-15/h1-4H,5-10H2,(H,17,18). The van der Waals surface area contributed by atoms with Gasteiger partial charge in [0.1, 0.15) is 0 Å². The van der Waals surface area contributed by atoms with E-state index in [2.05, 4.69) is 0 Å². The molecule has 0 bridgehead atoms. The minimum absolute atomic E-state index is 0.478. The van der Waals surface area contributed by atoms with Gasteiger partial charge in [-0.1, -0.05) is 29.8 Å². The van der Waals surface area contributed by atoms with Gasteiger partial charge in [-0.15, -0.1) is 0 Å². The summed E-state index contributed by atoms with van der Waals surface area (Å²) in [7, 11) is 0. The fourth-order valence-electron chi connectivity index (χ4n) is 3.29. The van der Waals surface area contributed by atoms with Gasteiger partial charge in [0.05, 0.1) is 18.6 Å². The van der Waals surface area contributed by atoms with Gasteiger partial charge in [-0.2, -0.15) is 0 Å². The molecule has 1 N–H and O–H groups in total.